The lowest BCUT2D eigenvalue weighted by Crippen LogP contribution is -2.17. The van der Waals surface area contributed by atoms with E-state index in [1.165, 1.54) is 5.56 Å². The summed E-state index contributed by atoms with van der Waals surface area (Å²) in [5.74, 6) is 0.909. The van der Waals surface area contributed by atoms with Crippen molar-refractivity contribution in [2.45, 2.75) is 13.3 Å². The van der Waals surface area contributed by atoms with E-state index in [9.17, 15) is 0 Å². The van der Waals surface area contributed by atoms with Gasteiger partial charge in [0.2, 0.25) is 0 Å². The second-order valence-corrected chi connectivity index (χ2v) is 2.99. The third-order valence-electron chi connectivity index (χ3n) is 1.94. The molecule has 0 radical (unpaired) electrons. The van der Waals surface area contributed by atoms with Crippen LogP contribution in [-0.4, -0.2) is 25.0 Å². The number of hydrogen-bond acceptors (Lipinski definition) is 3. The van der Waals surface area contributed by atoms with Crippen LogP contribution in [0.5, 0.6) is 5.75 Å². The van der Waals surface area contributed by atoms with Crippen molar-refractivity contribution >= 4 is 0 Å². The monoisotopic (exact) mass is 195 g/mol. The molecule has 2 N–H and O–H groups in total. The van der Waals surface area contributed by atoms with Gasteiger partial charge in [-0.2, -0.15) is 0 Å². The standard InChI is InChI=1S/C11H17NO2/c1-2-14-11-5-3-10(4-6-11)7-8-12-9-13/h3-6,12-13H,2,7-9H2,1H3. The van der Waals surface area contributed by atoms with Crippen molar-refractivity contribution in [2.24, 2.45) is 0 Å². The molecule has 78 valence electrons. The predicted octanol–water partition coefficient (Wildman–Crippen LogP) is 1.17. The Labute approximate surface area is 84.7 Å². The largest absolute Gasteiger partial charge is 0.494 e. The molecule has 0 aromatic heterocycles. The normalized spacial score (nSPS) is 10.1. The number of ether oxygens (including phenoxy) is 1. The first-order valence-corrected chi connectivity index (χ1v) is 4.90. The van der Waals surface area contributed by atoms with Gasteiger partial charge in [0.25, 0.3) is 0 Å². The van der Waals surface area contributed by atoms with Gasteiger partial charge in [0.15, 0.2) is 0 Å². The zero-order valence-electron chi connectivity index (χ0n) is 8.49. The van der Waals surface area contributed by atoms with E-state index in [2.05, 4.69) is 5.32 Å². The quantitative estimate of drug-likeness (QED) is 0.529. The fourth-order valence-electron chi connectivity index (χ4n) is 1.23. The highest BCUT2D eigenvalue weighted by atomic mass is 16.5. The fraction of sp³-hybridized carbons (Fsp3) is 0.455. The number of aliphatic hydroxyl groups excluding tert-OH is 1. The number of aliphatic hydroxyl groups is 1. The van der Waals surface area contributed by atoms with Gasteiger partial charge in [-0.25, -0.2) is 0 Å². The molecule has 0 spiro atoms. The first-order chi connectivity index (χ1) is 6.86. The van der Waals surface area contributed by atoms with Gasteiger partial charge in [-0.05, 0) is 31.0 Å². The third kappa shape index (κ3) is 3.77. The molecule has 0 aliphatic heterocycles. The Bertz CT molecular complexity index is 246. The summed E-state index contributed by atoms with van der Waals surface area (Å²) < 4.78 is 5.33. The Balaban J connectivity index is 2.38. The summed E-state index contributed by atoms with van der Waals surface area (Å²) in [6.07, 6.45) is 0.924. The summed E-state index contributed by atoms with van der Waals surface area (Å²) in [7, 11) is 0. The van der Waals surface area contributed by atoms with Gasteiger partial charge >= 0.3 is 0 Å². The third-order valence-corrected chi connectivity index (χ3v) is 1.94. The topological polar surface area (TPSA) is 41.5 Å². The predicted molar refractivity (Wildman–Crippen MR) is 56.4 cm³/mol. The molecule has 0 bridgehead atoms. The molecule has 0 unspecified atom stereocenters. The molecule has 1 aromatic carbocycles. The zero-order chi connectivity index (χ0) is 10.2. The molecule has 0 atom stereocenters. The van der Waals surface area contributed by atoms with E-state index in [4.69, 9.17) is 9.84 Å². The molecule has 0 amide bonds. The average molecular weight is 195 g/mol. The Morgan fingerprint density at radius 3 is 2.57 bits per heavy atom. The summed E-state index contributed by atoms with van der Waals surface area (Å²) >= 11 is 0. The maximum absolute atomic E-state index is 8.53. The van der Waals surface area contributed by atoms with E-state index in [1.54, 1.807) is 0 Å². The molecule has 0 saturated heterocycles. The molecule has 0 heterocycles. The van der Waals surface area contributed by atoms with E-state index in [-0.39, 0.29) is 6.73 Å². The SMILES string of the molecule is CCOc1ccc(CCNCO)cc1. The van der Waals surface area contributed by atoms with E-state index in [1.807, 2.05) is 31.2 Å². The Kier molecular flexibility index (Phi) is 5.04. The lowest BCUT2D eigenvalue weighted by atomic mass is 10.1. The summed E-state index contributed by atoms with van der Waals surface area (Å²) in [4.78, 5) is 0. The summed E-state index contributed by atoms with van der Waals surface area (Å²) in [6.45, 7) is 3.51. The van der Waals surface area contributed by atoms with Crippen molar-refractivity contribution in [1.82, 2.24) is 5.32 Å². The highest BCUT2D eigenvalue weighted by Crippen LogP contribution is 2.11. The van der Waals surface area contributed by atoms with Gasteiger partial charge in [0.05, 0.1) is 13.3 Å². The summed E-state index contributed by atoms with van der Waals surface area (Å²) in [5.41, 5.74) is 1.24. The minimum Gasteiger partial charge on any atom is -0.494 e. The van der Waals surface area contributed by atoms with Crippen molar-refractivity contribution < 1.29 is 9.84 Å². The van der Waals surface area contributed by atoms with Crippen molar-refractivity contribution in [2.75, 3.05) is 19.9 Å². The molecule has 3 nitrogen and oxygen atoms in total. The first kappa shape index (κ1) is 11.0. The molecule has 0 aliphatic carbocycles. The number of hydrogen-bond donors (Lipinski definition) is 2. The van der Waals surface area contributed by atoms with Gasteiger partial charge in [-0.3, -0.25) is 5.32 Å². The van der Waals surface area contributed by atoms with Gasteiger partial charge in [-0.15, -0.1) is 0 Å². The number of rotatable bonds is 6. The highest BCUT2D eigenvalue weighted by Gasteiger charge is 1.94. The van der Waals surface area contributed by atoms with Gasteiger partial charge in [-0.1, -0.05) is 12.1 Å². The minimum atomic E-state index is 0.0387. The van der Waals surface area contributed by atoms with Crippen LogP contribution in [0.1, 0.15) is 12.5 Å². The van der Waals surface area contributed by atoms with Crippen molar-refractivity contribution in [3.8, 4) is 5.75 Å². The van der Waals surface area contributed by atoms with Crippen LogP contribution in [0.15, 0.2) is 24.3 Å². The van der Waals surface area contributed by atoms with E-state index >= 15 is 0 Å². The molecule has 3 heteroatoms. The first-order valence-electron chi connectivity index (χ1n) is 4.90. The number of benzene rings is 1. The molecule has 1 rings (SSSR count). The van der Waals surface area contributed by atoms with Crippen molar-refractivity contribution in [3.63, 3.8) is 0 Å². The molecular formula is C11H17NO2. The molecule has 0 aliphatic rings. The van der Waals surface area contributed by atoms with Crippen LogP contribution in [0.25, 0.3) is 0 Å². The van der Waals surface area contributed by atoms with Crippen molar-refractivity contribution in [3.05, 3.63) is 29.8 Å². The summed E-state index contributed by atoms with van der Waals surface area (Å²) in [6, 6.07) is 8.03. The Morgan fingerprint density at radius 2 is 2.00 bits per heavy atom. The minimum absolute atomic E-state index is 0.0387. The Morgan fingerprint density at radius 1 is 1.29 bits per heavy atom. The van der Waals surface area contributed by atoms with Gasteiger partial charge in [0, 0.05) is 6.54 Å². The maximum Gasteiger partial charge on any atom is 0.119 e. The lowest BCUT2D eigenvalue weighted by Gasteiger charge is -2.05. The summed E-state index contributed by atoms with van der Waals surface area (Å²) in [5, 5.41) is 11.4. The molecule has 0 saturated carbocycles. The Hall–Kier alpha value is -1.06. The van der Waals surface area contributed by atoms with Crippen LogP contribution >= 0.6 is 0 Å². The van der Waals surface area contributed by atoms with Gasteiger partial charge in [0.1, 0.15) is 5.75 Å². The van der Waals surface area contributed by atoms with Crippen LogP contribution < -0.4 is 10.1 Å². The second kappa shape index (κ2) is 6.40. The smallest absolute Gasteiger partial charge is 0.119 e. The van der Waals surface area contributed by atoms with Crippen molar-refractivity contribution in [1.29, 1.82) is 0 Å². The van der Waals surface area contributed by atoms with Crippen LogP contribution in [-0.2, 0) is 6.42 Å². The zero-order valence-corrected chi connectivity index (χ0v) is 8.49. The fourth-order valence-corrected chi connectivity index (χ4v) is 1.23. The lowest BCUT2D eigenvalue weighted by molar-refractivity contribution is 0.262. The van der Waals surface area contributed by atoms with E-state index in [0.717, 1.165) is 18.7 Å². The molecule has 14 heavy (non-hydrogen) atoms. The van der Waals surface area contributed by atoms with E-state index < -0.39 is 0 Å². The average Bonchev–Trinajstić information content (AvgIpc) is 2.21. The van der Waals surface area contributed by atoms with E-state index in [0.29, 0.717) is 6.61 Å². The number of nitrogens with one attached hydrogen (secondary N) is 1. The molecule has 0 fully saturated rings. The van der Waals surface area contributed by atoms with Gasteiger partial charge < -0.3 is 9.84 Å². The van der Waals surface area contributed by atoms with Crippen LogP contribution in [0, 0.1) is 0 Å². The molecule has 1 aromatic rings. The molecular weight excluding hydrogens is 178 g/mol. The van der Waals surface area contributed by atoms with Crippen LogP contribution in [0.3, 0.4) is 0 Å². The maximum atomic E-state index is 8.53. The highest BCUT2D eigenvalue weighted by molar-refractivity contribution is 5.27. The second-order valence-electron chi connectivity index (χ2n) is 2.99. The van der Waals surface area contributed by atoms with Crippen LogP contribution in [0.2, 0.25) is 0 Å². The van der Waals surface area contributed by atoms with Crippen LogP contribution in [0.4, 0.5) is 0 Å².